The zero-order valence-corrected chi connectivity index (χ0v) is 13.3. The summed E-state index contributed by atoms with van der Waals surface area (Å²) in [4.78, 5) is 20.7. The number of hydrogen-bond donors (Lipinski definition) is 2. The molecule has 0 aliphatic carbocycles. The minimum absolute atomic E-state index is 0.124. The van der Waals surface area contributed by atoms with Crippen LogP contribution in [0.4, 0.5) is 0 Å². The van der Waals surface area contributed by atoms with E-state index in [2.05, 4.69) is 15.1 Å². The Bertz CT molecular complexity index is 907. The van der Waals surface area contributed by atoms with Gasteiger partial charge >= 0.3 is 0 Å². The summed E-state index contributed by atoms with van der Waals surface area (Å²) in [6, 6.07) is 5.89. The maximum absolute atomic E-state index is 12.1. The third kappa shape index (κ3) is 3.11. The van der Waals surface area contributed by atoms with Crippen LogP contribution in [0.3, 0.4) is 0 Å². The van der Waals surface area contributed by atoms with Gasteiger partial charge in [-0.1, -0.05) is 11.8 Å². The summed E-state index contributed by atoms with van der Waals surface area (Å²) < 4.78 is 1.63. The zero-order chi connectivity index (χ0) is 16.6. The number of fused-ring (bicyclic) bond motifs is 1. The van der Waals surface area contributed by atoms with Crippen molar-refractivity contribution in [2.24, 2.45) is 0 Å². The van der Waals surface area contributed by atoms with E-state index in [9.17, 15) is 15.0 Å². The van der Waals surface area contributed by atoms with Crippen LogP contribution in [0.2, 0.25) is 0 Å². The normalized spacial score (nSPS) is 11.0. The first-order valence-corrected chi connectivity index (χ1v) is 7.81. The van der Waals surface area contributed by atoms with Crippen molar-refractivity contribution in [3.8, 4) is 11.5 Å². The van der Waals surface area contributed by atoms with E-state index in [1.165, 1.54) is 30.0 Å². The highest BCUT2D eigenvalue weighted by Crippen LogP contribution is 2.26. The fraction of sp³-hybridized carbons (Fsp3) is 0.200. The van der Waals surface area contributed by atoms with Crippen molar-refractivity contribution >= 4 is 23.3 Å². The van der Waals surface area contributed by atoms with E-state index in [0.717, 1.165) is 11.4 Å². The van der Waals surface area contributed by atoms with Gasteiger partial charge in [0.2, 0.25) is 5.16 Å². The second-order valence-electron chi connectivity index (χ2n) is 5.06. The average molecular weight is 330 g/mol. The van der Waals surface area contributed by atoms with Gasteiger partial charge < -0.3 is 10.2 Å². The number of phenols is 2. The lowest BCUT2D eigenvalue weighted by molar-refractivity contribution is 0.102. The molecule has 0 aliphatic heterocycles. The van der Waals surface area contributed by atoms with Crippen LogP contribution in [0.1, 0.15) is 21.7 Å². The number of hydrogen-bond acceptors (Lipinski definition) is 7. The Balaban J connectivity index is 1.76. The van der Waals surface area contributed by atoms with E-state index in [4.69, 9.17) is 0 Å². The van der Waals surface area contributed by atoms with Crippen LogP contribution >= 0.6 is 11.8 Å². The number of aryl methyl sites for hydroxylation is 2. The second kappa shape index (κ2) is 5.88. The van der Waals surface area contributed by atoms with Crippen LogP contribution < -0.4 is 0 Å². The van der Waals surface area contributed by atoms with E-state index >= 15 is 0 Å². The van der Waals surface area contributed by atoms with Crippen LogP contribution in [0, 0.1) is 13.8 Å². The number of thioether (sulfide) groups is 1. The topological polar surface area (TPSA) is 101 Å². The maximum atomic E-state index is 12.1. The summed E-state index contributed by atoms with van der Waals surface area (Å²) in [5, 5.41) is 23.5. The molecule has 0 aliphatic rings. The first-order chi connectivity index (χ1) is 10.9. The fourth-order valence-electron chi connectivity index (χ4n) is 2.12. The van der Waals surface area contributed by atoms with Crippen molar-refractivity contribution in [3.63, 3.8) is 0 Å². The molecule has 0 bridgehead atoms. The SMILES string of the molecule is Cc1cc(C)n2nc(SCC(=O)c3ccc(O)c(O)c3)nc2n1. The molecule has 3 aromatic rings. The van der Waals surface area contributed by atoms with Gasteiger partial charge in [-0.3, -0.25) is 4.79 Å². The molecule has 0 saturated heterocycles. The summed E-state index contributed by atoms with van der Waals surface area (Å²) in [5.41, 5.74) is 2.10. The molecule has 8 heteroatoms. The second-order valence-corrected chi connectivity index (χ2v) is 6.00. The van der Waals surface area contributed by atoms with Crippen molar-refractivity contribution in [2.45, 2.75) is 19.0 Å². The molecular formula is C15H14N4O3S. The summed E-state index contributed by atoms with van der Waals surface area (Å²) in [6.07, 6.45) is 0. The van der Waals surface area contributed by atoms with Crippen LogP contribution in [0.5, 0.6) is 11.5 Å². The van der Waals surface area contributed by atoms with Crippen molar-refractivity contribution in [2.75, 3.05) is 5.75 Å². The van der Waals surface area contributed by atoms with Gasteiger partial charge in [0, 0.05) is 17.0 Å². The molecule has 2 aromatic heterocycles. The number of benzene rings is 1. The van der Waals surface area contributed by atoms with E-state index in [1.807, 2.05) is 19.9 Å². The lowest BCUT2D eigenvalue weighted by atomic mass is 10.1. The highest BCUT2D eigenvalue weighted by atomic mass is 32.2. The quantitative estimate of drug-likeness (QED) is 0.429. The standard InChI is InChI=1S/C15H14N4O3S/c1-8-5-9(2)19-14(16-8)17-15(18-19)23-7-13(22)10-3-4-11(20)12(21)6-10/h3-6,20-21H,7H2,1-2H3. The Morgan fingerprint density at radius 2 is 1.96 bits per heavy atom. The molecule has 0 unspecified atom stereocenters. The van der Waals surface area contributed by atoms with Crippen LogP contribution in [0.25, 0.3) is 5.78 Å². The molecule has 1 aromatic carbocycles. The molecule has 0 radical (unpaired) electrons. The van der Waals surface area contributed by atoms with Crippen LogP contribution in [-0.4, -0.2) is 41.3 Å². The predicted molar refractivity (Wildman–Crippen MR) is 85.1 cm³/mol. The van der Waals surface area contributed by atoms with Gasteiger partial charge in [-0.2, -0.15) is 4.98 Å². The molecule has 0 amide bonds. The van der Waals surface area contributed by atoms with Gasteiger partial charge in [0.05, 0.1) is 5.75 Å². The highest BCUT2D eigenvalue weighted by Gasteiger charge is 2.13. The monoisotopic (exact) mass is 330 g/mol. The molecule has 0 fully saturated rings. The Hall–Kier alpha value is -2.61. The molecular weight excluding hydrogens is 316 g/mol. The third-order valence-corrected chi connectivity index (χ3v) is 4.07. The smallest absolute Gasteiger partial charge is 0.253 e. The Morgan fingerprint density at radius 1 is 1.17 bits per heavy atom. The number of phenolic OH excluding ortho intramolecular Hbond substituents is 2. The van der Waals surface area contributed by atoms with E-state index in [1.54, 1.807) is 4.52 Å². The highest BCUT2D eigenvalue weighted by molar-refractivity contribution is 7.99. The molecule has 23 heavy (non-hydrogen) atoms. The van der Waals surface area contributed by atoms with Gasteiger partial charge in [0.25, 0.3) is 5.78 Å². The lowest BCUT2D eigenvalue weighted by Gasteiger charge is -2.01. The number of nitrogens with zero attached hydrogens (tertiary/aromatic N) is 4. The number of carbonyl (C=O) groups is 1. The van der Waals surface area contributed by atoms with Gasteiger partial charge in [-0.25, -0.2) is 9.50 Å². The Morgan fingerprint density at radius 3 is 2.70 bits per heavy atom. The van der Waals surface area contributed by atoms with Crippen molar-refractivity contribution < 1.29 is 15.0 Å². The van der Waals surface area contributed by atoms with Gasteiger partial charge in [-0.05, 0) is 38.1 Å². The zero-order valence-electron chi connectivity index (χ0n) is 12.5. The number of Topliss-reactive ketones (excluding diaryl/α,β-unsaturated/α-hetero) is 1. The minimum Gasteiger partial charge on any atom is -0.504 e. The number of aromatic hydroxyl groups is 2. The lowest BCUT2D eigenvalue weighted by Crippen LogP contribution is -2.02. The van der Waals surface area contributed by atoms with Gasteiger partial charge in [-0.15, -0.1) is 5.10 Å². The molecule has 0 atom stereocenters. The number of aromatic nitrogens is 4. The largest absolute Gasteiger partial charge is 0.504 e. The van der Waals surface area contributed by atoms with Crippen molar-refractivity contribution in [1.29, 1.82) is 0 Å². The predicted octanol–water partition coefficient (Wildman–Crippen LogP) is 2.13. The summed E-state index contributed by atoms with van der Waals surface area (Å²) in [5.74, 6) is -0.140. The van der Waals surface area contributed by atoms with Gasteiger partial charge in [0.15, 0.2) is 17.3 Å². The maximum Gasteiger partial charge on any atom is 0.253 e. The molecule has 0 spiro atoms. The molecule has 2 N–H and O–H groups in total. The summed E-state index contributed by atoms with van der Waals surface area (Å²) in [7, 11) is 0. The molecule has 3 rings (SSSR count). The fourth-order valence-corrected chi connectivity index (χ4v) is 2.83. The Labute approximate surface area is 136 Å². The van der Waals surface area contributed by atoms with E-state index in [0.29, 0.717) is 16.5 Å². The Kier molecular flexibility index (Phi) is 3.91. The van der Waals surface area contributed by atoms with E-state index < -0.39 is 0 Å². The third-order valence-electron chi connectivity index (χ3n) is 3.23. The van der Waals surface area contributed by atoms with Crippen molar-refractivity contribution in [1.82, 2.24) is 19.6 Å². The molecule has 2 heterocycles. The van der Waals surface area contributed by atoms with Crippen LogP contribution in [-0.2, 0) is 0 Å². The van der Waals surface area contributed by atoms with Gasteiger partial charge in [0.1, 0.15) is 0 Å². The first kappa shape index (κ1) is 15.3. The summed E-state index contributed by atoms with van der Waals surface area (Å²) in [6.45, 7) is 3.80. The van der Waals surface area contributed by atoms with Crippen LogP contribution in [0.15, 0.2) is 29.4 Å². The van der Waals surface area contributed by atoms with E-state index in [-0.39, 0.29) is 23.0 Å². The number of ketones is 1. The molecule has 118 valence electrons. The number of carbonyl (C=O) groups excluding carboxylic acids is 1. The average Bonchev–Trinajstić information content (AvgIpc) is 2.91. The molecule has 7 nitrogen and oxygen atoms in total. The first-order valence-electron chi connectivity index (χ1n) is 6.83. The van der Waals surface area contributed by atoms with Crippen molar-refractivity contribution in [3.05, 3.63) is 41.2 Å². The molecule has 0 saturated carbocycles. The number of rotatable bonds is 4. The summed E-state index contributed by atoms with van der Waals surface area (Å²) >= 11 is 1.20. The minimum atomic E-state index is -0.318.